The molecule has 0 amide bonds. The van der Waals surface area contributed by atoms with Gasteiger partial charge in [0.25, 0.3) is 0 Å². The minimum absolute atomic E-state index is 0.0666. The lowest BCUT2D eigenvalue weighted by Crippen LogP contribution is -2.34. The van der Waals surface area contributed by atoms with Crippen LogP contribution in [0, 0.1) is 5.92 Å². The molecule has 0 unspecified atom stereocenters. The Morgan fingerprint density at radius 3 is 2.31 bits per heavy atom. The fourth-order valence-electron chi connectivity index (χ4n) is 4.84. The van der Waals surface area contributed by atoms with Crippen LogP contribution in [0.5, 0.6) is 5.75 Å². The van der Waals surface area contributed by atoms with Gasteiger partial charge in [0.15, 0.2) is 0 Å². The smallest absolute Gasteiger partial charge is 0.305 e. The van der Waals surface area contributed by atoms with Gasteiger partial charge in [0.05, 0.1) is 12.7 Å². The number of ether oxygens (including phenoxy) is 2. The summed E-state index contributed by atoms with van der Waals surface area (Å²) in [5.41, 5.74) is 1.44. The van der Waals surface area contributed by atoms with Crippen LogP contribution in [-0.2, 0) is 9.53 Å². The van der Waals surface area contributed by atoms with E-state index >= 15 is 0 Å². The van der Waals surface area contributed by atoms with E-state index in [1.807, 2.05) is 6.92 Å². The van der Waals surface area contributed by atoms with Crippen LogP contribution in [0.2, 0.25) is 0 Å². The molecule has 0 atom stereocenters. The Morgan fingerprint density at radius 2 is 1.69 bits per heavy atom. The standard InChI is InChI=1S/C25H39NO3/c1-3-20-7-11-23(12-8-20)29-24-13-9-21(10-14-24)22-15-18-26(19-16-22)17-5-6-25(27)28-4-2/h9-10,13-14,20,22-23H,3-8,11-12,15-19H2,1-2H3/t20-,23-. The van der Waals surface area contributed by atoms with Crippen molar-refractivity contribution in [2.24, 2.45) is 5.92 Å². The maximum Gasteiger partial charge on any atom is 0.305 e. The molecular formula is C25H39NO3. The third-order valence-electron chi connectivity index (χ3n) is 6.77. The number of carbonyl (C=O) groups excluding carboxylic acids is 1. The molecular weight excluding hydrogens is 362 g/mol. The van der Waals surface area contributed by atoms with Crippen molar-refractivity contribution in [3.05, 3.63) is 29.8 Å². The van der Waals surface area contributed by atoms with Gasteiger partial charge >= 0.3 is 5.97 Å². The molecule has 1 aliphatic carbocycles. The molecule has 0 bridgehead atoms. The van der Waals surface area contributed by atoms with Gasteiger partial charge in [-0.2, -0.15) is 0 Å². The highest BCUT2D eigenvalue weighted by atomic mass is 16.5. The normalized spacial score (nSPS) is 23.7. The molecule has 162 valence electrons. The zero-order chi connectivity index (χ0) is 20.5. The first-order chi connectivity index (χ1) is 14.2. The van der Waals surface area contributed by atoms with E-state index in [2.05, 4.69) is 36.1 Å². The number of carbonyl (C=O) groups is 1. The van der Waals surface area contributed by atoms with Crippen molar-refractivity contribution in [2.75, 3.05) is 26.2 Å². The molecule has 29 heavy (non-hydrogen) atoms. The van der Waals surface area contributed by atoms with Crippen LogP contribution in [0.4, 0.5) is 0 Å². The summed E-state index contributed by atoms with van der Waals surface area (Å²) in [6, 6.07) is 8.89. The van der Waals surface area contributed by atoms with Gasteiger partial charge in [-0.1, -0.05) is 25.5 Å². The first kappa shape index (κ1) is 22.1. The fourth-order valence-corrected chi connectivity index (χ4v) is 4.84. The molecule has 0 N–H and O–H groups in total. The van der Waals surface area contributed by atoms with E-state index < -0.39 is 0 Å². The number of likely N-dealkylation sites (tertiary alicyclic amines) is 1. The van der Waals surface area contributed by atoms with Crippen LogP contribution in [-0.4, -0.2) is 43.2 Å². The van der Waals surface area contributed by atoms with E-state index in [4.69, 9.17) is 9.47 Å². The van der Waals surface area contributed by atoms with Crippen LogP contribution < -0.4 is 4.74 Å². The Labute approximate surface area is 177 Å². The molecule has 1 aromatic carbocycles. The van der Waals surface area contributed by atoms with E-state index in [0.29, 0.717) is 25.0 Å². The monoisotopic (exact) mass is 401 g/mol. The van der Waals surface area contributed by atoms with Crippen molar-refractivity contribution >= 4 is 5.97 Å². The lowest BCUT2D eigenvalue weighted by Gasteiger charge is -2.32. The van der Waals surface area contributed by atoms with Crippen molar-refractivity contribution in [1.29, 1.82) is 0 Å². The molecule has 4 heteroatoms. The Kier molecular flexibility index (Phi) is 8.85. The second-order valence-corrected chi connectivity index (χ2v) is 8.76. The third kappa shape index (κ3) is 7.02. The first-order valence-corrected chi connectivity index (χ1v) is 11.8. The van der Waals surface area contributed by atoms with E-state index in [0.717, 1.165) is 37.7 Å². The molecule has 4 nitrogen and oxygen atoms in total. The van der Waals surface area contributed by atoms with Crippen LogP contribution in [0.25, 0.3) is 0 Å². The molecule has 1 heterocycles. The quantitative estimate of drug-likeness (QED) is 0.508. The maximum atomic E-state index is 11.5. The summed E-state index contributed by atoms with van der Waals surface area (Å²) in [5.74, 6) is 2.52. The summed E-state index contributed by atoms with van der Waals surface area (Å²) < 4.78 is 11.2. The van der Waals surface area contributed by atoms with Crippen molar-refractivity contribution in [3.63, 3.8) is 0 Å². The van der Waals surface area contributed by atoms with Crippen LogP contribution in [0.15, 0.2) is 24.3 Å². The summed E-state index contributed by atoms with van der Waals surface area (Å²) >= 11 is 0. The molecule has 1 saturated heterocycles. The number of nitrogens with zero attached hydrogens (tertiary/aromatic N) is 1. The summed E-state index contributed by atoms with van der Waals surface area (Å²) in [6.07, 6.45) is 10.6. The molecule has 1 aliphatic heterocycles. The Morgan fingerprint density at radius 1 is 1.00 bits per heavy atom. The molecule has 2 fully saturated rings. The van der Waals surface area contributed by atoms with E-state index in [9.17, 15) is 4.79 Å². The minimum Gasteiger partial charge on any atom is -0.490 e. The summed E-state index contributed by atoms with van der Waals surface area (Å²) in [7, 11) is 0. The van der Waals surface area contributed by atoms with Gasteiger partial charge in [0.2, 0.25) is 0 Å². The predicted molar refractivity (Wildman–Crippen MR) is 117 cm³/mol. The van der Waals surface area contributed by atoms with Crippen LogP contribution >= 0.6 is 0 Å². The number of esters is 1. The second-order valence-electron chi connectivity index (χ2n) is 8.76. The number of hydrogen-bond donors (Lipinski definition) is 0. The number of rotatable bonds is 9. The summed E-state index contributed by atoms with van der Waals surface area (Å²) in [5, 5.41) is 0. The fraction of sp³-hybridized carbons (Fsp3) is 0.720. The number of benzene rings is 1. The van der Waals surface area contributed by atoms with Gasteiger partial charge in [-0.05, 0) is 101 Å². The molecule has 0 aromatic heterocycles. The molecule has 1 aromatic rings. The molecule has 0 spiro atoms. The third-order valence-corrected chi connectivity index (χ3v) is 6.77. The highest BCUT2D eigenvalue weighted by Crippen LogP contribution is 2.32. The number of hydrogen-bond acceptors (Lipinski definition) is 4. The van der Waals surface area contributed by atoms with E-state index in [1.165, 1.54) is 50.5 Å². The molecule has 3 rings (SSSR count). The largest absolute Gasteiger partial charge is 0.490 e. The topological polar surface area (TPSA) is 38.8 Å². The average molecular weight is 402 g/mol. The zero-order valence-corrected chi connectivity index (χ0v) is 18.4. The van der Waals surface area contributed by atoms with Crippen molar-refractivity contribution in [1.82, 2.24) is 4.90 Å². The van der Waals surface area contributed by atoms with E-state index in [1.54, 1.807) is 0 Å². The highest BCUT2D eigenvalue weighted by Gasteiger charge is 2.22. The lowest BCUT2D eigenvalue weighted by molar-refractivity contribution is -0.143. The molecule has 1 saturated carbocycles. The molecule has 2 aliphatic rings. The molecule has 0 radical (unpaired) electrons. The van der Waals surface area contributed by atoms with Crippen LogP contribution in [0.3, 0.4) is 0 Å². The van der Waals surface area contributed by atoms with Gasteiger partial charge < -0.3 is 14.4 Å². The van der Waals surface area contributed by atoms with Gasteiger partial charge in [0, 0.05) is 6.42 Å². The Hall–Kier alpha value is -1.55. The van der Waals surface area contributed by atoms with Crippen molar-refractivity contribution < 1.29 is 14.3 Å². The van der Waals surface area contributed by atoms with Crippen molar-refractivity contribution in [2.45, 2.75) is 83.7 Å². The van der Waals surface area contributed by atoms with Gasteiger partial charge in [-0.25, -0.2) is 0 Å². The zero-order valence-electron chi connectivity index (χ0n) is 18.4. The Balaban J connectivity index is 1.37. The van der Waals surface area contributed by atoms with Gasteiger partial charge in [-0.15, -0.1) is 0 Å². The average Bonchev–Trinajstić information content (AvgIpc) is 2.76. The SMILES string of the molecule is CCOC(=O)CCCN1CCC(c2ccc(O[C@H]3CC[C@H](CC)CC3)cc2)CC1. The van der Waals surface area contributed by atoms with Gasteiger partial charge in [0.1, 0.15) is 5.75 Å². The first-order valence-electron chi connectivity index (χ1n) is 11.8. The highest BCUT2D eigenvalue weighted by molar-refractivity contribution is 5.69. The van der Waals surface area contributed by atoms with Crippen LogP contribution in [0.1, 0.15) is 83.1 Å². The minimum atomic E-state index is -0.0666. The summed E-state index contributed by atoms with van der Waals surface area (Å²) in [6.45, 7) is 7.88. The predicted octanol–water partition coefficient (Wildman–Crippen LogP) is 5.56. The second kappa shape index (κ2) is 11.6. The Bertz CT molecular complexity index is 599. The van der Waals surface area contributed by atoms with Crippen molar-refractivity contribution in [3.8, 4) is 5.75 Å². The van der Waals surface area contributed by atoms with Gasteiger partial charge in [-0.3, -0.25) is 4.79 Å². The maximum absolute atomic E-state index is 11.5. The lowest BCUT2D eigenvalue weighted by atomic mass is 9.86. The van der Waals surface area contributed by atoms with E-state index in [-0.39, 0.29) is 5.97 Å². The summed E-state index contributed by atoms with van der Waals surface area (Å²) in [4.78, 5) is 13.9. The number of piperidine rings is 1.